The van der Waals surface area contributed by atoms with Gasteiger partial charge in [0.2, 0.25) is 0 Å². The van der Waals surface area contributed by atoms with Crippen molar-refractivity contribution in [3.8, 4) is 11.3 Å². The van der Waals surface area contributed by atoms with E-state index in [9.17, 15) is 0 Å². The number of aryl methyl sites for hydroxylation is 1. The minimum absolute atomic E-state index is 0.202. The maximum Gasteiger partial charge on any atom is 0.136 e. The zero-order valence-electron chi connectivity index (χ0n) is 12.0. The fourth-order valence-corrected chi connectivity index (χ4v) is 2.32. The fourth-order valence-electron chi connectivity index (χ4n) is 2.32. The third-order valence-corrected chi connectivity index (χ3v) is 3.61. The van der Waals surface area contributed by atoms with Crippen molar-refractivity contribution in [3.63, 3.8) is 0 Å². The van der Waals surface area contributed by atoms with Crippen LogP contribution in [-0.2, 0) is 0 Å². The molecule has 20 heavy (non-hydrogen) atoms. The van der Waals surface area contributed by atoms with Crippen molar-refractivity contribution < 1.29 is 4.42 Å². The number of para-hydroxylation sites is 1. The molecule has 0 saturated heterocycles. The van der Waals surface area contributed by atoms with Gasteiger partial charge in [0.1, 0.15) is 11.5 Å². The van der Waals surface area contributed by atoms with Crippen LogP contribution in [-0.4, -0.2) is 12.0 Å². The van der Waals surface area contributed by atoms with Crippen LogP contribution >= 0.6 is 0 Å². The van der Waals surface area contributed by atoms with E-state index >= 15 is 0 Å². The zero-order chi connectivity index (χ0) is 14.1. The average Bonchev–Trinajstić information content (AvgIpc) is 2.95. The lowest BCUT2D eigenvalue weighted by Gasteiger charge is -2.07. The summed E-state index contributed by atoms with van der Waals surface area (Å²) >= 11 is 0. The molecule has 1 aromatic carbocycles. The molecule has 2 heterocycles. The predicted octanol–water partition coefficient (Wildman–Crippen LogP) is 4.08. The molecule has 3 aromatic rings. The van der Waals surface area contributed by atoms with Crippen LogP contribution in [0.4, 0.5) is 0 Å². The van der Waals surface area contributed by atoms with Crippen molar-refractivity contribution in [3.05, 3.63) is 53.9 Å². The molecule has 3 nitrogen and oxygen atoms in total. The Bertz CT molecular complexity index is 746. The van der Waals surface area contributed by atoms with Gasteiger partial charge in [-0.1, -0.05) is 18.2 Å². The van der Waals surface area contributed by atoms with Gasteiger partial charge in [0, 0.05) is 16.6 Å². The van der Waals surface area contributed by atoms with Gasteiger partial charge in [-0.15, -0.1) is 0 Å². The van der Waals surface area contributed by atoms with Gasteiger partial charge in [-0.3, -0.25) is 4.98 Å². The molecule has 0 saturated carbocycles. The zero-order valence-corrected chi connectivity index (χ0v) is 12.0. The minimum Gasteiger partial charge on any atom is -0.459 e. The van der Waals surface area contributed by atoms with Crippen LogP contribution in [0, 0.1) is 6.92 Å². The lowest BCUT2D eigenvalue weighted by Crippen LogP contribution is -2.11. The Hall–Kier alpha value is -2.13. The summed E-state index contributed by atoms with van der Waals surface area (Å²) < 4.78 is 5.97. The lowest BCUT2D eigenvalue weighted by atomic mass is 10.1. The van der Waals surface area contributed by atoms with Crippen molar-refractivity contribution in [2.24, 2.45) is 0 Å². The third kappa shape index (κ3) is 2.21. The number of nitrogens with zero attached hydrogens (tertiary/aromatic N) is 1. The molecule has 0 spiro atoms. The van der Waals surface area contributed by atoms with Gasteiger partial charge in [-0.05, 0) is 45.2 Å². The normalized spacial score (nSPS) is 12.8. The van der Waals surface area contributed by atoms with Crippen molar-refractivity contribution in [1.82, 2.24) is 10.3 Å². The topological polar surface area (TPSA) is 38.1 Å². The maximum absolute atomic E-state index is 5.97. The van der Waals surface area contributed by atoms with Crippen LogP contribution in [0.3, 0.4) is 0 Å². The van der Waals surface area contributed by atoms with E-state index in [-0.39, 0.29) is 6.04 Å². The summed E-state index contributed by atoms with van der Waals surface area (Å²) in [4.78, 5) is 4.65. The first-order valence-electron chi connectivity index (χ1n) is 6.83. The molecular formula is C17H18N2O. The van der Waals surface area contributed by atoms with E-state index in [1.165, 1.54) is 0 Å². The van der Waals surface area contributed by atoms with Gasteiger partial charge >= 0.3 is 0 Å². The smallest absolute Gasteiger partial charge is 0.136 e. The SMILES string of the molecule is CNC(C)c1ccc(-c2cccc3ccc(C)nc23)o1. The lowest BCUT2D eigenvalue weighted by molar-refractivity contribution is 0.458. The first-order chi connectivity index (χ1) is 9.69. The fraction of sp³-hybridized carbons (Fsp3) is 0.235. The van der Waals surface area contributed by atoms with Crippen LogP contribution in [0.15, 0.2) is 46.9 Å². The molecule has 102 valence electrons. The first kappa shape index (κ1) is 12.9. The Morgan fingerprint density at radius 1 is 1.10 bits per heavy atom. The molecule has 0 aliphatic rings. The van der Waals surface area contributed by atoms with Crippen LogP contribution in [0.25, 0.3) is 22.2 Å². The van der Waals surface area contributed by atoms with Crippen LogP contribution in [0.5, 0.6) is 0 Å². The molecule has 0 radical (unpaired) electrons. The van der Waals surface area contributed by atoms with E-state index in [1.807, 2.05) is 38.2 Å². The van der Waals surface area contributed by atoms with Gasteiger partial charge in [0.05, 0.1) is 11.6 Å². The molecule has 1 N–H and O–H groups in total. The summed E-state index contributed by atoms with van der Waals surface area (Å²) in [6.45, 7) is 4.08. The van der Waals surface area contributed by atoms with Gasteiger partial charge < -0.3 is 9.73 Å². The second-order valence-corrected chi connectivity index (χ2v) is 5.04. The largest absolute Gasteiger partial charge is 0.459 e. The Morgan fingerprint density at radius 2 is 1.95 bits per heavy atom. The highest BCUT2D eigenvalue weighted by Gasteiger charge is 2.12. The van der Waals surface area contributed by atoms with Gasteiger partial charge in [-0.25, -0.2) is 0 Å². The summed E-state index contributed by atoms with van der Waals surface area (Å²) in [6, 6.07) is 14.5. The Balaban J connectivity index is 2.14. The Labute approximate surface area is 118 Å². The van der Waals surface area contributed by atoms with Crippen molar-refractivity contribution in [2.45, 2.75) is 19.9 Å². The molecule has 1 unspecified atom stereocenters. The number of fused-ring (bicyclic) bond motifs is 1. The number of nitrogens with one attached hydrogen (secondary N) is 1. The number of furan rings is 1. The van der Waals surface area contributed by atoms with Crippen molar-refractivity contribution in [1.29, 1.82) is 0 Å². The quantitative estimate of drug-likeness (QED) is 0.776. The summed E-state index contributed by atoms with van der Waals surface area (Å²) in [5, 5.41) is 4.32. The second kappa shape index (κ2) is 5.10. The van der Waals surface area contributed by atoms with Gasteiger partial charge in [0.15, 0.2) is 0 Å². The molecule has 3 rings (SSSR count). The second-order valence-electron chi connectivity index (χ2n) is 5.04. The summed E-state index contributed by atoms with van der Waals surface area (Å²) in [5.74, 6) is 1.80. The molecule has 0 bridgehead atoms. The average molecular weight is 266 g/mol. The van der Waals surface area contributed by atoms with E-state index in [2.05, 4.69) is 35.4 Å². The highest BCUT2D eigenvalue weighted by molar-refractivity contribution is 5.92. The van der Waals surface area contributed by atoms with Crippen molar-refractivity contribution in [2.75, 3.05) is 7.05 Å². The van der Waals surface area contributed by atoms with E-state index in [0.717, 1.165) is 33.7 Å². The molecule has 2 aromatic heterocycles. The number of pyridine rings is 1. The molecule has 3 heteroatoms. The molecular weight excluding hydrogens is 248 g/mol. The van der Waals surface area contributed by atoms with E-state index in [1.54, 1.807) is 0 Å². The summed E-state index contributed by atoms with van der Waals surface area (Å²) in [7, 11) is 1.93. The predicted molar refractivity (Wildman–Crippen MR) is 81.7 cm³/mol. The monoisotopic (exact) mass is 266 g/mol. The maximum atomic E-state index is 5.97. The van der Waals surface area contributed by atoms with Crippen LogP contribution in [0.1, 0.15) is 24.4 Å². The third-order valence-electron chi connectivity index (χ3n) is 3.61. The summed E-state index contributed by atoms with van der Waals surface area (Å²) in [5.41, 5.74) is 3.05. The van der Waals surface area contributed by atoms with Gasteiger partial charge in [0.25, 0.3) is 0 Å². The van der Waals surface area contributed by atoms with E-state index in [4.69, 9.17) is 4.42 Å². The number of benzene rings is 1. The molecule has 0 amide bonds. The Morgan fingerprint density at radius 3 is 2.75 bits per heavy atom. The highest BCUT2D eigenvalue weighted by Crippen LogP contribution is 2.30. The number of hydrogen-bond acceptors (Lipinski definition) is 3. The molecule has 0 aliphatic carbocycles. The van der Waals surface area contributed by atoms with Crippen molar-refractivity contribution >= 4 is 10.9 Å². The number of hydrogen-bond donors (Lipinski definition) is 1. The van der Waals surface area contributed by atoms with Crippen LogP contribution < -0.4 is 5.32 Å². The standard InChI is InChI=1S/C17H18N2O/c1-11-7-8-13-5-4-6-14(17(13)19-11)16-10-9-15(20-16)12(2)18-3/h4-10,12,18H,1-3H3. The number of rotatable bonds is 3. The van der Waals surface area contributed by atoms with E-state index in [0.29, 0.717) is 0 Å². The van der Waals surface area contributed by atoms with Crippen LogP contribution in [0.2, 0.25) is 0 Å². The highest BCUT2D eigenvalue weighted by atomic mass is 16.3. The summed E-state index contributed by atoms with van der Waals surface area (Å²) in [6.07, 6.45) is 0. The van der Waals surface area contributed by atoms with Gasteiger partial charge in [-0.2, -0.15) is 0 Å². The van der Waals surface area contributed by atoms with E-state index < -0.39 is 0 Å². The molecule has 0 fully saturated rings. The minimum atomic E-state index is 0.202. The number of aromatic nitrogens is 1. The first-order valence-corrected chi connectivity index (χ1v) is 6.83. The molecule has 1 atom stereocenters. The molecule has 0 aliphatic heterocycles. The Kier molecular flexibility index (Phi) is 3.28.